The van der Waals surface area contributed by atoms with E-state index >= 15 is 0 Å². The van der Waals surface area contributed by atoms with Gasteiger partial charge in [0.05, 0.1) is 12.7 Å². The lowest BCUT2D eigenvalue weighted by Gasteiger charge is -2.24. The van der Waals surface area contributed by atoms with E-state index in [0.717, 1.165) is 32.1 Å². The summed E-state index contributed by atoms with van der Waals surface area (Å²) in [5.41, 5.74) is 0. The summed E-state index contributed by atoms with van der Waals surface area (Å²) in [4.78, 5) is 14.2. The zero-order chi connectivity index (χ0) is 23.0. The third-order valence-corrected chi connectivity index (χ3v) is 5.96. The Bertz CT molecular complexity index is 411. The van der Waals surface area contributed by atoms with Crippen molar-refractivity contribution in [2.24, 2.45) is 0 Å². The van der Waals surface area contributed by atoms with Gasteiger partial charge in [-0.2, -0.15) is 0 Å². The highest BCUT2D eigenvalue weighted by molar-refractivity contribution is 5.77. The zero-order valence-corrected chi connectivity index (χ0v) is 20.8. The molecule has 0 bridgehead atoms. The Balaban J connectivity index is 3.80. The van der Waals surface area contributed by atoms with Crippen LogP contribution in [0.4, 0.5) is 0 Å². The molecule has 4 nitrogen and oxygen atoms in total. The molecule has 0 fully saturated rings. The molecule has 31 heavy (non-hydrogen) atoms. The first-order valence-corrected chi connectivity index (χ1v) is 13.4. The van der Waals surface area contributed by atoms with E-state index in [1.54, 1.807) is 4.90 Å². The summed E-state index contributed by atoms with van der Waals surface area (Å²) in [6, 6.07) is 0. The van der Waals surface area contributed by atoms with Gasteiger partial charge in [0, 0.05) is 19.5 Å². The van der Waals surface area contributed by atoms with E-state index in [1.807, 2.05) is 6.08 Å². The molecular weight excluding hydrogens is 386 g/mol. The summed E-state index contributed by atoms with van der Waals surface area (Å²) in [5.74, 6) is 0.0509. The standard InChI is InChI=1S/C27H53NO3/c1-3-5-7-9-10-11-12-13-14-15-16-17-19-21-23-28(24-26(30)25-29)27(31)22-20-18-8-6-4-2/h18,20,26,29-30H,3-17,19,21-25H2,1-2H3/b20-18+. The van der Waals surface area contributed by atoms with Gasteiger partial charge in [0.25, 0.3) is 0 Å². The minimum absolute atomic E-state index is 0.0509. The quantitative estimate of drug-likeness (QED) is 0.136. The first kappa shape index (κ1) is 30.1. The molecule has 0 spiro atoms. The Morgan fingerprint density at radius 2 is 1.23 bits per heavy atom. The van der Waals surface area contributed by atoms with Crippen LogP contribution in [0.25, 0.3) is 0 Å². The minimum atomic E-state index is -0.848. The molecule has 0 radical (unpaired) electrons. The van der Waals surface area contributed by atoms with E-state index in [9.17, 15) is 9.90 Å². The maximum atomic E-state index is 12.5. The maximum absolute atomic E-state index is 12.5. The smallest absolute Gasteiger partial charge is 0.226 e. The number of amides is 1. The molecule has 0 saturated heterocycles. The number of rotatable bonds is 23. The first-order chi connectivity index (χ1) is 15.2. The number of aliphatic hydroxyl groups is 2. The van der Waals surface area contributed by atoms with Gasteiger partial charge in [-0.1, -0.05) is 122 Å². The van der Waals surface area contributed by atoms with Crippen LogP contribution in [0.1, 0.15) is 129 Å². The van der Waals surface area contributed by atoms with Crippen molar-refractivity contribution < 1.29 is 15.0 Å². The van der Waals surface area contributed by atoms with Crippen LogP contribution in [0.15, 0.2) is 12.2 Å². The van der Waals surface area contributed by atoms with Crippen molar-refractivity contribution in [3.63, 3.8) is 0 Å². The minimum Gasteiger partial charge on any atom is -0.394 e. The van der Waals surface area contributed by atoms with Gasteiger partial charge in [0.2, 0.25) is 5.91 Å². The number of hydrogen-bond acceptors (Lipinski definition) is 3. The van der Waals surface area contributed by atoms with Gasteiger partial charge in [-0.05, 0) is 12.8 Å². The van der Waals surface area contributed by atoms with Crippen molar-refractivity contribution in [3.8, 4) is 0 Å². The van der Waals surface area contributed by atoms with Crippen LogP contribution in [-0.2, 0) is 4.79 Å². The number of hydrogen-bond donors (Lipinski definition) is 2. The summed E-state index contributed by atoms with van der Waals surface area (Å²) < 4.78 is 0. The van der Waals surface area contributed by atoms with E-state index in [4.69, 9.17) is 5.11 Å². The third-order valence-electron chi connectivity index (χ3n) is 5.96. The lowest BCUT2D eigenvalue weighted by atomic mass is 10.0. The van der Waals surface area contributed by atoms with Crippen molar-refractivity contribution in [2.75, 3.05) is 19.7 Å². The molecule has 184 valence electrons. The molecule has 0 aromatic carbocycles. The molecule has 1 unspecified atom stereocenters. The van der Waals surface area contributed by atoms with E-state index in [2.05, 4.69) is 19.9 Å². The summed E-state index contributed by atoms with van der Waals surface area (Å²) in [6.45, 7) is 5.04. The fraction of sp³-hybridized carbons (Fsp3) is 0.889. The van der Waals surface area contributed by atoms with Crippen molar-refractivity contribution in [2.45, 2.75) is 136 Å². The van der Waals surface area contributed by atoms with Crippen LogP contribution >= 0.6 is 0 Å². The van der Waals surface area contributed by atoms with Gasteiger partial charge >= 0.3 is 0 Å². The lowest BCUT2D eigenvalue weighted by Crippen LogP contribution is -2.39. The fourth-order valence-electron chi connectivity index (χ4n) is 3.88. The van der Waals surface area contributed by atoms with Gasteiger partial charge in [-0.25, -0.2) is 0 Å². The molecule has 0 aliphatic rings. The number of aliphatic hydroxyl groups excluding tert-OH is 2. The zero-order valence-electron chi connectivity index (χ0n) is 20.8. The predicted octanol–water partition coefficient (Wildman–Crippen LogP) is 6.79. The second-order valence-electron chi connectivity index (χ2n) is 9.09. The van der Waals surface area contributed by atoms with E-state index < -0.39 is 6.10 Å². The molecule has 0 aromatic rings. The summed E-state index contributed by atoms with van der Waals surface area (Å²) in [6.07, 6.45) is 25.3. The highest BCUT2D eigenvalue weighted by Gasteiger charge is 2.15. The van der Waals surface area contributed by atoms with Crippen LogP contribution in [-0.4, -0.2) is 46.8 Å². The molecule has 0 saturated carbocycles. The van der Waals surface area contributed by atoms with Gasteiger partial charge in [-0.3, -0.25) is 4.79 Å². The van der Waals surface area contributed by atoms with Crippen LogP contribution in [0.2, 0.25) is 0 Å². The predicted molar refractivity (Wildman–Crippen MR) is 133 cm³/mol. The first-order valence-electron chi connectivity index (χ1n) is 13.4. The van der Waals surface area contributed by atoms with Crippen molar-refractivity contribution in [1.82, 2.24) is 4.90 Å². The van der Waals surface area contributed by atoms with Crippen LogP contribution in [0.5, 0.6) is 0 Å². The van der Waals surface area contributed by atoms with Crippen molar-refractivity contribution >= 4 is 5.91 Å². The Hall–Kier alpha value is -0.870. The monoisotopic (exact) mass is 439 g/mol. The maximum Gasteiger partial charge on any atom is 0.226 e. The summed E-state index contributed by atoms with van der Waals surface area (Å²) in [7, 11) is 0. The highest BCUT2D eigenvalue weighted by Crippen LogP contribution is 2.13. The van der Waals surface area contributed by atoms with Crippen LogP contribution in [0.3, 0.4) is 0 Å². The fourth-order valence-corrected chi connectivity index (χ4v) is 3.88. The molecule has 4 heteroatoms. The Labute approximate surface area is 193 Å². The summed E-state index contributed by atoms with van der Waals surface area (Å²) in [5, 5.41) is 18.9. The number of allylic oxidation sites excluding steroid dienone is 1. The molecule has 2 N–H and O–H groups in total. The van der Waals surface area contributed by atoms with Crippen LogP contribution < -0.4 is 0 Å². The van der Waals surface area contributed by atoms with Gasteiger partial charge < -0.3 is 15.1 Å². The van der Waals surface area contributed by atoms with E-state index in [-0.39, 0.29) is 19.1 Å². The normalized spacial score (nSPS) is 12.5. The molecular formula is C27H53NO3. The molecule has 0 aliphatic heterocycles. The molecule has 0 rings (SSSR count). The molecule has 0 aromatic heterocycles. The Morgan fingerprint density at radius 1 is 0.742 bits per heavy atom. The SMILES string of the molecule is CCCC/C=C/CC(=O)N(CCCCCCCCCCCCCCCC)CC(O)CO. The molecule has 0 heterocycles. The number of unbranched alkanes of at least 4 members (excludes halogenated alkanes) is 15. The number of carbonyl (C=O) groups is 1. The third kappa shape index (κ3) is 20.8. The van der Waals surface area contributed by atoms with Gasteiger partial charge in [0.15, 0.2) is 0 Å². The van der Waals surface area contributed by atoms with Crippen molar-refractivity contribution in [1.29, 1.82) is 0 Å². The van der Waals surface area contributed by atoms with Gasteiger partial charge in [0.1, 0.15) is 0 Å². The average Bonchev–Trinajstić information content (AvgIpc) is 2.78. The second-order valence-corrected chi connectivity index (χ2v) is 9.09. The number of carbonyl (C=O) groups excluding carboxylic acids is 1. The Morgan fingerprint density at radius 3 is 1.71 bits per heavy atom. The van der Waals surface area contributed by atoms with Gasteiger partial charge in [-0.15, -0.1) is 0 Å². The lowest BCUT2D eigenvalue weighted by molar-refractivity contribution is -0.132. The molecule has 1 amide bonds. The topological polar surface area (TPSA) is 60.8 Å². The average molecular weight is 440 g/mol. The van der Waals surface area contributed by atoms with E-state index in [0.29, 0.717) is 13.0 Å². The van der Waals surface area contributed by atoms with Crippen molar-refractivity contribution in [3.05, 3.63) is 12.2 Å². The Kier molecular flexibility index (Phi) is 23.1. The number of nitrogens with zero attached hydrogens (tertiary/aromatic N) is 1. The highest BCUT2D eigenvalue weighted by atomic mass is 16.3. The summed E-state index contributed by atoms with van der Waals surface area (Å²) >= 11 is 0. The largest absolute Gasteiger partial charge is 0.394 e. The molecule has 1 atom stereocenters. The van der Waals surface area contributed by atoms with E-state index in [1.165, 1.54) is 77.0 Å². The second kappa shape index (κ2) is 23.8. The van der Waals surface area contributed by atoms with Crippen LogP contribution in [0, 0.1) is 0 Å². The molecule has 0 aliphatic carbocycles.